The van der Waals surface area contributed by atoms with Gasteiger partial charge < -0.3 is 4.90 Å². The van der Waals surface area contributed by atoms with E-state index in [1.54, 1.807) is 4.68 Å². The van der Waals surface area contributed by atoms with Crippen molar-refractivity contribution in [2.75, 3.05) is 13.1 Å². The summed E-state index contributed by atoms with van der Waals surface area (Å²) >= 11 is 0. The average molecular weight is 255 g/mol. The summed E-state index contributed by atoms with van der Waals surface area (Å²) in [6.07, 6.45) is 7.97. The Balaban J connectivity index is 1.78. The van der Waals surface area contributed by atoms with Gasteiger partial charge in [-0.25, -0.2) is 0 Å². The molecule has 1 aromatic carbocycles. The highest BCUT2D eigenvalue weighted by Crippen LogP contribution is 2.11. The second-order valence-electron chi connectivity index (χ2n) is 4.70. The van der Waals surface area contributed by atoms with Gasteiger partial charge in [-0.3, -0.25) is 0 Å². The van der Waals surface area contributed by atoms with Crippen molar-refractivity contribution in [1.29, 1.82) is 0 Å². The number of aromatic nitrogens is 4. The molecule has 19 heavy (non-hydrogen) atoms. The summed E-state index contributed by atoms with van der Waals surface area (Å²) in [5.41, 5.74) is 0.978. The first-order valence-corrected chi connectivity index (χ1v) is 6.69. The summed E-state index contributed by atoms with van der Waals surface area (Å²) in [6.45, 7) is 2.26. The Morgan fingerprint density at radius 3 is 2.58 bits per heavy atom. The quantitative estimate of drug-likeness (QED) is 0.843. The Morgan fingerprint density at radius 2 is 1.79 bits per heavy atom. The first-order valence-electron chi connectivity index (χ1n) is 6.69. The highest BCUT2D eigenvalue weighted by Gasteiger charge is 2.07. The van der Waals surface area contributed by atoms with Crippen molar-refractivity contribution in [2.24, 2.45) is 0 Å². The molecule has 0 amide bonds. The van der Waals surface area contributed by atoms with Crippen LogP contribution in [0.5, 0.6) is 0 Å². The third-order valence-electron chi connectivity index (χ3n) is 3.32. The molecule has 3 rings (SSSR count). The van der Waals surface area contributed by atoms with E-state index in [1.165, 1.54) is 19.3 Å². The van der Waals surface area contributed by atoms with Crippen molar-refractivity contribution in [3.8, 4) is 5.69 Å². The molecule has 0 atom stereocenters. The number of likely N-dealkylation sites (tertiary alicyclic amines) is 1. The molecule has 2 heterocycles. The molecule has 1 aromatic heterocycles. The summed E-state index contributed by atoms with van der Waals surface area (Å²) in [5.74, 6) is 0.761. The lowest BCUT2D eigenvalue weighted by molar-refractivity contribution is 0.311. The van der Waals surface area contributed by atoms with Gasteiger partial charge in [-0.05, 0) is 41.8 Å². The minimum Gasteiger partial charge on any atom is -0.377 e. The number of hydrogen-bond donors (Lipinski definition) is 0. The van der Waals surface area contributed by atoms with Gasteiger partial charge in [0, 0.05) is 25.4 Å². The molecule has 0 bridgehead atoms. The van der Waals surface area contributed by atoms with Crippen LogP contribution in [0.2, 0.25) is 0 Å². The Kier molecular flexibility index (Phi) is 3.54. The molecular formula is C14H17N5. The maximum Gasteiger partial charge on any atom is 0.181 e. The van der Waals surface area contributed by atoms with Crippen LogP contribution in [0, 0.1) is 0 Å². The average Bonchev–Trinajstić information content (AvgIpc) is 2.95. The highest BCUT2D eigenvalue weighted by atomic mass is 15.5. The number of rotatable bonds is 3. The second-order valence-corrected chi connectivity index (χ2v) is 4.70. The van der Waals surface area contributed by atoms with E-state index < -0.39 is 0 Å². The number of piperidine rings is 1. The summed E-state index contributed by atoms with van der Waals surface area (Å²) in [4.78, 5) is 2.33. The minimum atomic E-state index is 0.761. The minimum absolute atomic E-state index is 0.761. The maximum atomic E-state index is 4.07. The van der Waals surface area contributed by atoms with Crippen LogP contribution < -0.4 is 0 Å². The van der Waals surface area contributed by atoms with Gasteiger partial charge in [0.05, 0.1) is 5.69 Å². The molecule has 0 unspecified atom stereocenters. The molecule has 0 spiro atoms. The fourth-order valence-electron chi connectivity index (χ4n) is 2.29. The van der Waals surface area contributed by atoms with E-state index in [9.17, 15) is 0 Å². The lowest BCUT2D eigenvalue weighted by Crippen LogP contribution is -2.24. The van der Waals surface area contributed by atoms with Crippen LogP contribution in [0.3, 0.4) is 0 Å². The van der Waals surface area contributed by atoms with E-state index in [0.717, 1.165) is 24.6 Å². The Bertz CT molecular complexity index is 540. The summed E-state index contributed by atoms with van der Waals surface area (Å²) in [6, 6.07) is 9.94. The number of hydrogen-bond acceptors (Lipinski definition) is 4. The van der Waals surface area contributed by atoms with Crippen LogP contribution in [-0.2, 0) is 0 Å². The Labute approximate surface area is 112 Å². The van der Waals surface area contributed by atoms with Crippen LogP contribution >= 0.6 is 0 Å². The molecule has 0 saturated carbocycles. The van der Waals surface area contributed by atoms with E-state index in [-0.39, 0.29) is 0 Å². The molecule has 0 N–H and O–H groups in total. The standard InChI is InChI=1S/C14H17N5/c1-3-7-13(8-4-1)19-14(15-16-17-19)9-12-18-10-5-2-6-11-18/h1,3-4,7-9,12H,2,5-6,10-11H2. The molecule has 1 fully saturated rings. The first kappa shape index (κ1) is 11.9. The molecule has 2 aromatic rings. The van der Waals surface area contributed by atoms with E-state index in [2.05, 4.69) is 26.6 Å². The maximum absolute atomic E-state index is 4.07. The Hall–Kier alpha value is -2.17. The molecule has 1 aliphatic rings. The molecule has 0 radical (unpaired) electrons. The van der Waals surface area contributed by atoms with Crippen LogP contribution in [0.25, 0.3) is 11.8 Å². The van der Waals surface area contributed by atoms with Crippen molar-refractivity contribution in [3.63, 3.8) is 0 Å². The van der Waals surface area contributed by atoms with E-state index in [4.69, 9.17) is 0 Å². The molecular weight excluding hydrogens is 238 g/mol. The lowest BCUT2D eigenvalue weighted by atomic mass is 10.1. The van der Waals surface area contributed by atoms with Gasteiger partial charge in [-0.2, -0.15) is 4.68 Å². The second kappa shape index (κ2) is 5.65. The fraction of sp³-hybridized carbons (Fsp3) is 0.357. The van der Waals surface area contributed by atoms with Crippen molar-refractivity contribution in [3.05, 3.63) is 42.4 Å². The van der Waals surface area contributed by atoms with Gasteiger partial charge in [0.25, 0.3) is 0 Å². The van der Waals surface area contributed by atoms with Crippen molar-refractivity contribution in [2.45, 2.75) is 19.3 Å². The molecule has 0 aliphatic carbocycles. The SMILES string of the molecule is C(=CN1CCCCC1)c1nnnn1-c1ccccc1. The van der Waals surface area contributed by atoms with Gasteiger partial charge in [-0.1, -0.05) is 18.2 Å². The number of benzene rings is 1. The largest absolute Gasteiger partial charge is 0.377 e. The summed E-state index contributed by atoms with van der Waals surface area (Å²) < 4.78 is 1.75. The van der Waals surface area contributed by atoms with E-state index >= 15 is 0 Å². The van der Waals surface area contributed by atoms with Crippen molar-refractivity contribution in [1.82, 2.24) is 25.1 Å². The van der Waals surface area contributed by atoms with Gasteiger partial charge in [-0.15, -0.1) is 5.10 Å². The zero-order valence-corrected chi connectivity index (χ0v) is 10.8. The predicted molar refractivity (Wildman–Crippen MR) is 73.6 cm³/mol. The summed E-state index contributed by atoms with van der Waals surface area (Å²) in [5, 5.41) is 11.9. The molecule has 1 aliphatic heterocycles. The third-order valence-corrected chi connectivity index (χ3v) is 3.32. The lowest BCUT2D eigenvalue weighted by Gasteiger charge is -2.24. The van der Waals surface area contributed by atoms with Gasteiger partial charge in [0.1, 0.15) is 0 Å². The van der Waals surface area contributed by atoms with Crippen LogP contribution in [-0.4, -0.2) is 38.2 Å². The van der Waals surface area contributed by atoms with Gasteiger partial charge in [0.15, 0.2) is 5.82 Å². The zero-order chi connectivity index (χ0) is 12.9. The predicted octanol–water partition coefficient (Wildman–Crippen LogP) is 2.12. The fourth-order valence-corrected chi connectivity index (χ4v) is 2.29. The van der Waals surface area contributed by atoms with E-state index in [0.29, 0.717) is 0 Å². The van der Waals surface area contributed by atoms with Crippen LogP contribution in [0.15, 0.2) is 36.5 Å². The van der Waals surface area contributed by atoms with Crippen LogP contribution in [0.1, 0.15) is 25.1 Å². The zero-order valence-electron chi connectivity index (χ0n) is 10.8. The molecule has 5 nitrogen and oxygen atoms in total. The number of nitrogens with zero attached hydrogens (tertiary/aromatic N) is 5. The van der Waals surface area contributed by atoms with Crippen molar-refractivity contribution < 1.29 is 0 Å². The van der Waals surface area contributed by atoms with Crippen LogP contribution in [0.4, 0.5) is 0 Å². The smallest absolute Gasteiger partial charge is 0.181 e. The Morgan fingerprint density at radius 1 is 1.00 bits per heavy atom. The van der Waals surface area contributed by atoms with Crippen molar-refractivity contribution >= 4 is 6.08 Å². The summed E-state index contributed by atoms with van der Waals surface area (Å²) in [7, 11) is 0. The van der Waals surface area contributed by atoms with E-state index in [1.807, 2.05) is 36.4 Å². The number of tetrazole rings is 1. The van der Waals surface area contributed by atoms with Gasteiger partial charge in [0.2, 0.25) is 0 Å². The molecule has 1 saturated heterocycles. The molecule has 5 heteroatoms. The normalized spacial score (nSPS) is 16.1. The van der Waals surface area contributed by atoms with Gasteiger partial charge >= 0.3 is 0 Å². The topological polar surface area (TPSA) is 46.8 Å². The first-order chi connectivity index (χ1) is 9.43. The highest BCUT2D eigenvalue weighted by molar-refractivity contribution is 5.43. The molecule has 98 valence electrons. The monoisotopic (exact) mass is 255 g/mol. The third kappa shape index (κ3) is 2.81. The number of para-hydroxylation sites is 1.